The zero-order chi connectivity index (χ0) is 13.8. The van der Waals surface area contributed by atoms with Crippen LogP contribution in [0, 0.1) is 6.92 Å². The summed E-state index contributed by atoms with van der Waals surface area (Å²) in [5, 5.41) is 2.85. The Hall–Kier alpha value is -1.20. The number of methoxy groups -OCH3 is 1. The highest BCUT2D eigenvalue weighted by Gasteiger charge is 2.09. The Labute approximate surface area is 124 Å². The standard InChI is InChI=1S/C14H14BrNO2S/c1-9-8-19-14(16-9)7-11(17)5-10-3-4-13(18-2)12(15)6-10/h3-4,6,8H,5,7H2,1-2H3. The summed E-state index contributed by atoms with van der Waals surface area (Å²) in [6.07, 6.45) is 0.823. The molecule has 0 spiro atoms. The molecule has 5 heteroatoms. The number of carbonyl (C=O) groups is 1. The first kappa shape index (κ1) is 14.2. The summed E-state index contributed by atoms with van der Waals surface area (Å²) in [5.41, 5.74) is 1.95. The molecule has 0 atom stereocenters. The summed E-state index contributed by atoms with van der Waals surface area (Å²) < 4.78 is 6.03. The molecule has 0 aliphatic heterocycles. The number of benzene rings is 1. The van der Waals surface area contributed by atoms with Gasteiger partial charge in [0.2, 0.25) is 0 Å². The SMILES string of the molecule is COc1ccc(CC(=O)Cc2nc(C)cs2)cc1Br. The highest BCUT2D eigenvalue weighted by molar-refractivity contribution is 9.10. The fraction of sp³-hybridized carbons (Fsp3) is 0.286. The maximum atomic E-state index is 12.0. The Bertz CT molecular complexity index is 595. The van der Waals surface area contributed by atoms with Crippen LogP contribution in [-0.4, -0.2) is 17.9 Å². The molecule has 100 valence electrons. The van der Waals surface area contributed by atoms with Gasteiger partial charge < -0.3 is 4.74 Å². The number of nitrogens with zero attached hydrogens (tertiary/aromatic N) is 1. The van der Waals surface area contributed by atoms with Crippen molar-refractivity contribution in [3.8, 4) is 5.75 Å². The van der Waals surface area contributed by atoms with Crippen molar-refractivity contribution in [2.45, 2.75) is 19.8 Å². The fourth-order valence-corrected chi connectivity index (χ4v) is 3.15. The van der Waals surface area contributed by atoms with E-state index >= 15 is 0 Å². The molecule has 2 rings (SSSR count). The van der Waals surface area contributed by atoms with Crippen LogP contribution < -0.4 is 4.74 Å². The predicted molar refractivity (Wildman–Crippen MR) is 80.0 cm³/mol. The van der Waals surface area contributed by atoms with Gasteiger partial charge in [-0.1, -0.05) is 6.07 Å². The number of aryl methyl sites for hydroxylation is 1. The number of halogens is 1. The average Bonchev–Trinajstić information content (AvgIpc) is 2.74. The second-order valence-corrected chi connectivity index (χ2v) is 6.04. The maximum absolute atomic E-state index is 12.0. The predicted octanol–water partition coefficient (Wildman–Crippen LogP) is 3.58. The highest BCUT2D eigenvalue weighted by atomic mass is 79.9. The number of ether oxygens (including phenoxy) is 1. The third-order valence-electron chi connectivity index (χ3n) is 2.63. The Morgan fingerprint density at radius 2 is 2.21 bits per heavy atom. The molecule has 0 radical (unpaired) electrons. The number of aromatic nitrogens is 1. The first-order chi connectivity index (χ1) is 9.08. The molecule has 3 nitrogen and oxygen atoms in total. The van der Waals surface area contributed by atoms with Crippen molar-refractivity contribution in [3.63, 3.8) is 0 Å². The molecule has 0 aliphatic carbocycles. The molecule has 1 heterocycles. The van der Waals surface area contributed by atoms with E-state index in [1.165, 1.54) is 11.3 Å². The summed E-state index contributed by atoms with van der Waals surface area (Å²) in [7, 11) is 1.62. The van der Waals surface area contributed by atoms with Gasteiger partial charge >= 0.3 is 0 Å². The van der Waals surface area contributed by atoms with E-state index in [0.717, 1.165) is 26.5 Å². The lowest BCUT2D eigenvalue weighted by atomic mass is 10.1. The Morgan fingerprint density at radius 3 is 2.79 bits per heavy atom. The molecule has 0 fully saturated rings. The lowest BCUT2D eigenvalue weighted by Crippen LogP contribution is -2.06. The zero-order valence-corrected chi connectivity index (χ0v) is 13.2. The average molecular weight is 340 g/mol. The van der Waals surface area contributed by atoms with Crippen LogP contribution in [-0.2, 0) is 17.6 Å². The second-order valence-electron chi connectivity index (χ2n) is 4.24. The second kappa shape index (κ2) is 6.30. The summed E-state index contributed by atoms with van der Waals surface area (Å²) in [6.45, 7) is 1.94. The summed E-state index contributed by atoms with van der Waals surface area (Å²) in [4.78, 5) is 16.3. The quantitative estimate of drug-likeness (QED) is 0.835. The van der Waals surface area contributed by atoms with Crippen molar-refractivity contribution < 1.29 is 9.53 Å². The highest BCUT2D eigenvalue weighted by Crippen LogP contribution is 2.25. The van der Waals surface area contributed by atoms with Gasteiger partial charge in [-0.2, -0.15) is 0 Å². The molecule has 1 aromatic heterocycles. The third-order valence-corrected chi connectivity index (χ3v) is 4.22. The number of carbonyl (C=O) groups excluding carboxylic acids is 1. The zero-order valence-electron chi connectivity index (χ0n) is 10.8. The van der Waals surface area contributed by atoms with E-state index in [0.29, 0.717) is 12.8 Å². The Kier molecular flexibility index (Phi) is 4.71. The molecular weight excluding hydrogens is 326 g/mol. The van der Waals surface area contributed by atoms with E-state index in [4.69, 9.17) is 4.74 Å². The van der Waals surface area contributed by atoms with Crippen LogP contribution >= 0.6 is 27.3 Å². The first-order valence-electron chi connectivity index (χ1n) is 5.83. The third kappa shape index (κ3) is 3.88. The van der Waals surface area contributed by atoms with E-state index in [1.54, 1.807) is 7.11 Å². The number of Topliss-reactive ketones (excluding diaryl/α,β-unsaturated/α-hetero) is 1. The number of hydrogen-bond acceptors (Lipinski definition) is 4. The molecule has 0 unspecified atom stereocenters. The van der Waals surface area contributed by atoms with Crippen LogP contribution in [0.3, 0.4) is 0 Å². The van der Waals surface area contributed by atoms with E-state index in [9.17, 15) is 4.79 Å². The lowest BCUT2D eigenvalue weighted by molar-refractivity contribution is -0.117. The van der Waals surface area contributed by atoms with Gasteiger partial charge in [-0.05, 0) is 40.5 Å². The largest absolute Gasteiger partial charge is 0.496 e. The normalized spacial score (nSPS) is 10.5. The van der Waals surface area contributed by atoms with Crippen LogP contribution in [0.2, 0.25) is 0 Å². The van der Waals surface area contributed by atoms with Gasteiger partial charge in [-0.15, -0.1) is 11.3 Å². The topological polar surface area (TPSA) is 39.2 Å². The number of hydrogen-bond donors (Lipinski definition) is 0. The molecule has 1 aromatic carbocycles. The van der Waals surface area contributed by atoms with Gasteiger partial charge in [0.1, 0.15) is 16.5 Å². The molecule has 0 saturated heterocycles. The van der Waals surface area contributed by atoms with Crippen LogP contribution in [0.25, 0.3) is 0 Å². The smallest absolute Gasteiger partial charge is 0.144 e. The molecule has 2 aromatic rings. The van der Waals surface area contributed by atoms with Crippen molar-refractivity contribution in [3.05, 3.63) is 44.3 Å². The van der Waals surface area contributed by atoms with Crippen molar-refractivity contribution in [1.29, 1.82) is 0 Å². The minimum Gasteiger partial charge on any atom is -0.496 e. The van der Waals surface area contributed by atoms with Crippen LogP contribution in [0.5, 0.6) is 5.75 Å². The van der Waals surface area contributed by atoms with Gasteiger partial charge in [0.05, 0.1) is 18.0 Å². The molecule has 19 heavy (non-hydrogen) atoms. The van der Waals surface area contributed by atoms with Crippen molar-refractivity contribution >= 4 is 33.0 Å². The number of ketones is 1. The number of rotatable bonds is 5. The van der Waals surface area contributed by atoms with E-state index in [2.05, 4.69) is 20.9 Å². The first-order valence-corrected chi connectivity index (χ1v) is 7.51. The van der Waals surface area contributed by atoms with Crippen molar-refractivity contribution in [2.24, 2.45) is 0 Å². The van der Waals surface area contributed by atoms with Gasteiger partial charge in [-0.25, -0.2) is 4.98 Å². The minimum atomic E-state index is 0.173. The van der Waals surface area contributed by atoms with Gasteiger partial charge in [0.15, 0.2) is 0 Å². The van der Waals surface area contributed by atoms with Crippen LogP contribution in [0.15, 0.2) is 28.1 Å². The van der Waals surface area contributed by atoms with Gasteiger partial charge in [0, 0.05) is 17.5 Å². The molecular formula is C14H14BrNO2S. The van der Waals surface area contributed by atoms with Crippen LogP contribution in [0.1, 0.15) is 16.3 Å². The number of thiazole rings is 1. The van der Waals surface area contributed by atoms with Crippen LogP contribution in [0.4, 0.5) is 0 Å². The maximum Gasteiger partial charge on any atom is 0.144 e. The van der Waals surface area contributed by atoms with Crippen molar-refractivity contribution in [1.82, 2.24) is 4.98 Å². The lowest BCUT2D eigenvalue weighted by Gasteiger charge is -2.05. The van der Waals surface area contributed by atoms with Gasteiger partial charge in [-0.3, -0.25) is 4.79 Å². The molecule has 0 N–H and O–H groups in total. The summed E-state index contributed by atoms with van der Waals surface area (Å²) in [6, 6.07) is 5.69. The molecule has 0 bridgehead atoms. The van der Waals surface area contributed by atoms with Crippen molar-refractivity contribution in [2.75, 3.05) is 7.11 Å². The monoisotopic (exact) mass is 339 g/mol. The van der Waals surface area contributed by atoms with Gasteiger partial charge in [0.25, 0.3) is 0 Å². The fourth-order valence-electron chi connectivity index (χ4n) is 1.76. The van der Waals surface area contributed by atoms with E-state index in [1.807, 2.05) is 30.5 Å². The summed E-state index contributed by atoms with van der Waals surface area (Å²) in [5.74, 6) is 0.943. The Morgan fingerprint density at radius 1 is 1.42 bits per heavy atom. The minimum absolute atomic E-state index is 0.173. The molecule has 0 aliphatic rings. The summed E-state index contributed by atoms with van der Waals surface area (Å²) >= 11 is 4.96. The Balaban J connectivity index is 2.00. The van der Waals surface area contributed by atoms with E-state index in [-0.39, 0.29) is 5.78 Å². The molecule has 0 saturated carbocycles. The van der Waals surface area contributed by atoms with E-state index < -0.39 is 0 Å². The molecule has 0 amide bonds.